The van der Waals surface area contributed by atoms with Crippen LogP contribution in [0.3, 0.4) is 0 Å². The van der Waals surface area contributed by atoms with Gasteiger partial charge >= 0.3 is 0 Å². The molecule has 0 saturated carbocycles. The van der Waals surface area contributed by atoms with Gasteiger partial charge in [0, 0.05) is 22.5 Å². The van der Waals surface area contributed by atoms with Gasteiger partial charge < -0.3 is 10.2 Å². The van der Waals surface area contributed by atoms with E-state index in [-0.39, 0.29) is 6.04 Å². The molecule has 0 radical (unpaired) electrons. The molecule has 0 aliphatic carbocycles. The molecule has 2 nitrogen and oxygen atoms in total. The van der Waals surface area contributed by atoms with Gasteiger partial charge in [-0.1, -0.05) is 29.8 Å². The molecule has 1 heterocycles. The summed E-state index contributed by atoms with van der Waals surface area (Å²) in [5.41, 5.74) is 1.22. The highest BCUT2D eigenvalue weighted by molar-refractivity contribution is 7.10. The van der Waals surface area contributed by atoms with Gasteiger partial charge in [-0.2, -0.15) is 0 Å². The van der Waals surface area contributed by atoms with Crippen LogP contribution < -0.4 is 5.32 Å². The number of benzene rings is 1. The maximum absolute atomic E-state index is 6.05. The molecule has 2 unspecified atom stereocenters. The lowest BCUT2D eigenvalue weighted by molar-refractivity contribution is 0.285. The lowest BCUT2D eigenvalue weighted by Crippen LogP contribution is -2.32. The van der Waals surface area contributed by atoms with Gasteiger partial charge in [0.05, 0.1) is 6.04 Å². The van der Waals surface area contributed by atoms with Crippen LogP contribution in [0.15, 0.2) is 41.8 Å². The maximum atomic E-state index is 6.05. The molecule has 1 N–H and O–H groups in total. The first-order valence-corrected chi connectivity index (χ1v) is 8.02. The minimum absolute atomic E-state index is 0.288. The minimum atomic E-state index is 0.288. The molecule has 1 aromatic carbocycles. The van der Waals surface area contributed by atoms with Gasteiger partial charge in [-0.15, -0.1) is 11.3 Å². The quantitative estimate of drug-likeness (QED) is 0.853. The Morgan fingerprint density at radius 1 is 1.25 bits per heavy atom. The fraction of sp³-hybridized carbons (Fsp3) is 0.375. The van der Waals surface area contributed by atoms with Crippen LogP contribution in [0.25, 0.3) is 0 Å². The highest BCUT2D eigenvalue weighted by Crippen LogP contribution is 2.24. The van der Waals surface area contributed by atoms with Crippen LogP contribution >= 0.6 is 22.9 Å². The Morgan fingerprint density at radius 2 is 2.05 bits per heavy atom. The summed E-state index contributed by atoms with van der Waals surface area (Å²) < 4.78 is 0. The Balaban J connectivity index is 1.99. The summed E-state index contributed by atoms with van der Waals surface area (Å²) in [6.07, 6.45) is 0. The lowest BCUT2D eigenvalue weighted by atomic mass is 10.1. The summed E-state index contributed by atoms with van der Waals surface area (Å²) in [6.45, 7) is 3.09. The van der Waals surface area contributed by atoms with Gasteiger partial charge in [0.15, 0.2) is 0 Å². The van der Waals surface area contributed by atoms with Crippen molar-refractivity contribution in [3.63, 3.8) is 0 Å². The van der Waals surface area contributed by atoms with E-state index in [0.29, 0.717) is 6.04 Å². The van der Waals surface area contributed by atoms with Gasteiger partial charge in [0.2, 0.25) is 0 Å². The number of hydrogen-bond donors (Lipinski definition) is 1. The average molecular weight is 309 g/mol. The molecule has 2 aromatic rings. The molecule has 0 aliphatic rings. The molecule has 0 amide bonds. The first-order chi connectivity index (χ1) is 9.58. The number of nitrogens with zero attached hydrogens (tertiary/aromatic N) is 1. The Bertz CT molecular complexity index is 525. The van der Waals surface area contributed by atoms with E-state index in [1.807, 2.05) is 18.2 Å². The lowest BCUT2D eigenvalue weighted by Gasteiger charge is -2.26. The zero-order valence-electron chi connectivity index (χ0n) is 12.1. The number of thiophene rings is 1. The normalized spacial score (nSPS) is 14.4. The molecular weight excluding hydrogens is 288 g/mol. The predicted octanol–water partition coefficient (Wildman–Crippen LogP) is 4.36. The number of nitrogens with one attached hydrogen (secondary N) is 1. The molecule has 0 aliphatic heterocycles. The van der Waals surface area contributed by atoms with E-state index in [2.05, 4.69) is 54.8 Å². The number of likely N-dealkylation sites (N-methyl/N-ethyl adjacent to an activating group) is 1. The summed E-state index contributed by atoms with van der Waals surface area (Å²) in [5.74, 6) is 0. The van der Waals surface area contributed by atoms with Crippen molar-refractivity contribution in [2.24, 2.45) is 0 Å². The molecule has 0 fully saturated rings. The zero-order chi connectivity index (χ0) is 14.5. The third kappa shape index (κ3) is 4.06. The second-order valence-corrected chi connectivity index (χ2v) is 6.60. The van der Waals surface area contributed by atoms with E-state index in [9.17, 15) is 0 Å². The fourth-order valence-electron chi connectivity index (χ4n) is 2.20. The summed E-state index contributed by atoms with van der Waals surface area (Å²) in [4.78, 5) is 3.64. The molecule has 2 atom stereocenters. The van der Waals surface area contributed by atoms with Crippen LogP contribution in [0.2, 0.25) is 5.02 Å². The molecule has 108 valence electrons. The smallest absolute Gasteiger partial charge is 0.0561 e. The Labute approximate surface area is 130 Å². The van der Waals surface area contributed by atoms with Crippen molar-refractivity contribution in [1.82, 2.24) is 10.2 Å². The van der Waals surface area contributed by atoms with Gasteiger partial charge in [-0.25, -0.2) is 0 Å². The Morgan fingerprint density at radius 3 is 2.65 bits per heavy atom. The van der Waals surface area contributed by atoms with Crippen LogP contribution in [-0.4, -0.2) is 25.5 Å². The van der Waals surface area contributed by atoms with E-state index in [1.165, 1.54) is 10.4 Å². The molecule has 0 bridgehead atoms. The average Bonchev–Trinajstić information content (AvgIpc) is 2.92. The number of halogens is 1. The van der Waals surface area contributed by atoms with Crippen LogP contribution in [0.4, 0.5) is 0 Å². The second-order valence-electron chi connectivity index (χ2n) is 5.18. The Kier molecular flexibility index (Phi) is 5.61. The van der Waals surface area contributed by atoms with Crippen molar-refractivity contribution < 1.29 is 0 Å². The first kappa shape index (κ1) is 15.5. The van der Waals surface area contributed by atoms with Crippen LogP contribution in [0.1, 0.15) is 29.4 Å². The molecule has 2 rings (SSSR count). The summed E-state index contributed by atoms with van der Waals surface area (Å²) in [5, 5.41) is 6.52. The predicted molar refractivity (Wildman–Crippen MR) is 88.6 cm³/mol. The van der Waals surface area contributed by atoms with E-state index >= 15 is 0 Å². The van der Waals surface area contributed by atoms with E-state index in [0.717, 1.165) is 11.6 Å². The standard InChI is InChI=1S/C16H21ClN2S/c1-12(13-6-4-7-14(17)10-13)18-11-15(19(2)3)16-8-5-9-20-16/h4-10,12,15,18H,11H2,1-3H3. The van der Waals surface area contributed by atoms with Crippen molar-refractivity contribution in [3.05, 3.63) is 57.2 Å². The van der Waals surface area contributed by atoms with Crippen molar-refractivity contribution in [2.45, 2.75) is 19.0 Å². The first-order valence-electron chi connectivity index (χ1n) is 6.76. The van der Waals surface area contributed by atoms with Crippen molar-refractivity contribution in [1.29, 1.82) is 0 Å². The minimum Gasteiger partial charge on any atom is -0.308 e. The highest BCUT2D eigenvalue weighted by atomic mass is 35.5. The summed E-state index contributed by atoms with van der Waals surface area (Å²) in [6, 6.07) is 13.0. The molecular formula is C16H21ClN2S. The summed E-state index contributed by atoms with van der Waals surface area (Å²) in [7, 11) is 4.24. The Hall–Kier alpha value is -0.870. The van der Waals surface area contributed by atoms with E-state index in [1.54, 1.807) is 11.3 Å². The van der Waals surface area contributed by atoms with Gasteiger partial charge in [0.1, 0.15) is 0 Å². The topological polar surface area (TPSA) is 15.3 Å². The molecule has 0 spiro atoms. The van der Waals surface area contributed by atoms with Crippen molar-refractivity contribution in [2.75, 3.05) is 20.6 Å². The van der Waals surface area contributed by atoms with Crippen molar-refractivity contribution >= 4 is 22.9 Å². The van der Waals surface area contributed by atoms with Crippen molar-refractivity contribution in [3.8, 4) is 0 Å². The molecule has 1 aromatic heterocycles. The number of rotatable bonds is 6. The third-order valence-electron chi connectivity index (χ3n) is 3.46. The SMILES string of the molecule is CC(NCC(c1cccs1)N(C)C)c1cccc(Cl)c1. The van der Waals surface area contributed by atoms with Gasteiger partial charge in [-0.3, -0.25) is 0 Å². The largest absolute Gasteiger partial charge is 0.308 e. The van der Waals surface area contributed by atoms with Crippen LogP contribution in [-0.2, 0) is 0 Å². The monoisotopic (exact) mass is 308 g/mol. The van der Waals surface area contributed by atoms with Gasteiger partial charge in [0.25, 0.3) is 0 Å². The maximum Gasteiger partial charge on any atom is 0.0561 e. The fourth-order valence-corrected chi connectivity index (χ4v) is 3.32. The summed E-state index contributed by atoms with van der Waals surface area (Å²) >= 11 is 7.86. The van der Waals surface area contributed by atoms with E-state index < -0.39 is 0 Å². The molecule has 4 heteroatoms. The third-order valence-corrected chi connectivity index (χ3v) is 4.67. The van der Waals surface area contributed by atoms with Gasteiger partial charge in [-0.05, 0) is 50.2 Å². The second kappa shape index (κ2) is 7.23. The number of hydrogen-bond acceptors (Lipinski definition) is 3. The van der Waals surface area contributed by atoms with E-state index in [4.69, 9.17) is 11.6 Å². The van der Waals surface area contributed by atoms with Crippen LogP contribution in [0.5, 0.6) is 0 Å². The molecule has 0 saturated heterocycles. The zero-order valence-corrected chi connectivity index (χ0v) is 13.7. The molecule has 20 heavy (non-hydrogen) atoms. The highest BCUT2D eigenvalue weighted by Gasteiger charge is 2.16. The van der Waals surface area contributed by atoms with Crippen LogP contribution in [0, 0.1) is 0 Å².